The monoisotopic (exact) mass is 356 g/mol. The highest BCUT2D eigenvalue weighted by molar-refractivity contribution is 5.93. The molecule has 0 aliphatic carbocycles. The number of carbonyl (C=O) groups is 1. The van der Waals surface area contributed by atoms with Crippen LogP contribution in [0.3, 0.4) is 0 Å². The van der Waals surface area contributed by atoms with Crippen LogP contribution in [0.25, 0.3) is 0 Å². The summed E-state index contributed by atoms with van der Waals surface area (Å²) in [4.78, 5) is 25.0. The Morgan fingerprint density at radius 2 is 2.19 bits per heavy atom. The molecule has 0 bridgehead atoms. The van der Waals surface area contributed by atoms with Crippen molar-refractivity contribution in [3.8, 4) is 0 Å². The third-order valence-electron chi connectivity index (χ3n) is 4.89. The van der Waals surface area contributed by atoms with Crippen molar-refractivity contribution < 1.29 is 4.79 Å². The molecule has 0 unspecified atom stereocenters. The first-order valence-electron chi connectivity index (χ1n) is 9.21. The van der Waals surface area contributed by atoms with E-state index in [4.69, 9.17) is 5.73 Å². The number of pyridine rings is 1. The fraction of sp³-hybridized carbons (Fsp3) is 0.526. The minimum atomic E-state index is -0.418. The standard InChI is InChI=1S/C19H28N6O/c1-23(2)9-4-11-24-12-8-22-19(24)16-5-3-10-25(14-16)17-13-15(18(20)26)6-7-21-17/h6-8,12-13,16H,3-5,9-11,14H2,1-2H3,(H2,20,26)/t16-/m1/s1. The second kappa shape index (κ2) is 8.31. The fourth-order valence-corrected chi connectivity index (χ4v) is 3.57. The maximum absolute atomic E-state index is 11.4. The summed E-state index contributed by atoms with van der Waals surface area (Å²) in [5.41, 5.74) is 5.90. The van der Waals surface area contributed by atoms with Crippen molar-refractivity contribution >= 4 is 11.7 Å². The molecule has 1 atom stereocenters. The second-order valence-corrected chi connectivity index (χ2v) is 7.19. The topological polar surface area (TPSA) is 80.3 Å². The van der Waals surface area contributed by atoms with Gasteiger partial charge in [0, 0.05) is 49.7 Å². The third kappa shape index (κ3) is 4.40. The van der Waals surface area contributed by atoms with Crippen LogP contribution in [0.5, 0.6) is 0 Å². The van der Waals surface area contributed by atoms with E-state index in [-0.39, 0.29) is 0 Å². The minimum Gasteiger partial charge on any atom is -0.366 e. The molecule has 1 amide bonds. The molecule has 7 nitrogen and oxygen atoms in total. The number of piperidine rings is 1. The Hall–Kier alpha value is -2.41. The molecule has 1 fully saturated rings. The summed E-state index contributed by atoms with van der Waals surface area (Å²) in [6.07, 6.45) is 8.94. The largest absolute Gasteiger partial charge is 0.366 e. The van der Waals surface area contributed by atoms with Crippen molar-refractivity contribution in [2.24, 2.45) is 5.73 Å². The van der Waals surface area contributed by atoms with Gasteiger partial charge < -0.3 is 20.1 Å². The molecule has 3 rings (SSSR count). The SMILES string of the molecule is CN(C)CCCn1ccnc1[C@@H]1CCCN(c2cc(C(N)=O)ccn2)C1. The molecule has 1 aliphatic rings. The normalized spacial score (nSPS) is 17.7. The van der Waals surface area contributed by atoms with Gasteiger partial charge in [0.1, 0.15) is 11.6 Å². The van der Waals surface area contributed by atoms with E-state index in [1.807, 2.05) is 6.20 Å². The quantitative estimate of drug-likeness (QED) is 0.817. The number of nitrogens with zero attached hydrogens (tertiary/aromatic N) is 5. The van der Waals surface area contributed by atoms with Gasteiger partial charge in [-0.25, -0.2) is 9.97 Å². The number of hydrogen-bond acceptors (Lipinski definition) is 5. The molecule has 2 aromatic rings. The van der Waals surface area contributed by atoms with E-state index < -0.39 is 5.91 Å². The molecule has 0 saturated carbocycles. The number of hydrogen-bond donors (Lipinski definition) is 1. The lowest BCUT2D eigenvalue weighted by Crippen LogP contribution is -2.36. The fourth-order valence-electron chi connectivity index (χ4n) is 3.57. The highest BCUT2D eigenvalue weighted by Gasteiger charge is 2.25. The predicted molar refractivity (Wildman–Crippen MR) is 102 cm³/mol. The molecular weight excluding hydrogens is 328 g/mol. The average Bonchev–Trinajstić information content (AvgIpc) is 3.10. The molecule has 7 heteroatoms. The summed E-state index contributed by atoms with van der Waals surface area (Å²) in [6.45, 7) is 3.85. The van der Waals surface area contributed by atoms with Crippen molar-refractivity contribution in [1.82, 2.24) is 19.4 Å². The summed E-state index contributed by atoms with van der Waals surface area (Å²) < 4.78 is 2.28. The lowest BCUT2D eigenvalue weighted by molar-refractivity contribution is 0.1000. The van der Waals surface area contributed by atoms with Gasteiger partial charge in [-0.15, -0.1) is 0 Å². The van der Waals surface area contributed by atoms with Crippen LogP contribution >= 0.6 is 0 Å². The molecule has 0 aromatic carbocycles. The summed E-state index contributed by atoms with van der Waals surface area (Å²) in [5.74, 6) is 1.92. The van der Waals surface area contributed by atoms with Gasteiger partial charge in [0.15, 0.2) is 0 Å². The molecule has 26 heavy (non-hydrogen) atoms. The first-order valence-corrected chi connectivity index (χ1v) is 9.21. The lowest BCUT2D eigenvalue weighted by atomic mass is 9.97. The summed E-state index contributed by atoms with van der Waals surface area (Å²) in [7, 11) is 4.20. The Balaban J connectivity index is 1.70. The van der Waals surface area contributed by atoms with E-state index in [0.29, 0.717) is 11.5 Å². The highest BCUT2D eigenvalue weighted by atomic mass is 16.1. The van der Waals surface area contributed by atoms with Crippen molar-refractivity contribution in [3.05, 3.63) is 42.1 Å². The Morgan fingerprint density at radius 1 is 1.35 bits per heavy atom. The lowest BCUT2D eigenvalue weighted by Gasteiger charge is -2.33. The van der Waals surface area contributed by atoms with E-state index in [2.05, 4.69) is 44.6 Å². The van der Waals surface area contributed by atoms with Gasteiger partial charge in [0.25, 0.3) is 0 Å². The number of amides is 1. The number of primary amides is 1. The van der Waals surface area contributed by atoms with Crippen LogP contribution in [0.2, 0.25) is 0 Å². The van der Waals surface area contributed by atoms with Gasteiger partial charge in [-0.1, -0.05) is 0 Å². The van der Waals surface area contributed by atoms with Crippen LogP contribution in [0, 0.1) is 0 Å². The number of nitrogens with two attached hydrogens (primary N) is 1. The zero-order chi connectivity index (χ0) is 18.5. The molecule has 1 aliphatic heterocycles. The summed E-state index contributed by atoms with van der Waals surface area (Å²) >= 11 is 0. The number of aryl methyl sites for hydroxylation is 1. The van der Waals surface area contributed by atoms with Crippen molar-refractivity contribution in [2.45, 2.75) is 31.7 Å². The zero-order valence-corrected chi connectivity index (χ0v) is 15.6. The van der Waals surface area contributed by atoms with E-state index >= 15 is 0 Å². The third-order valence-corrected chi connectivity index (χ3v) is 4.89. The second-order valence-electron chi connectivity index (χ2n) is 7.19. The predicted octanol–water partition coefficient (Wildman–Crippen LogP) is 1.71. The van der Waals surface area contributed by atoms with Gasteiger partial charge in [-0.3, -0.25) is 4.79 Å². The first kappa shape index (κ1) is 18.4. The Bertz CT molecular complexity index is 741. The van der Waals surface area contributed by atoms with Gasteiger partial charge in [0.2, 0.25) is 5.91 Å². The maximum Gasteiger partial charge on any atom is 0.248 e. The van der Waals surface area contributed by atoms with Gasteiger partial charge in [-0.2, -0.15) is 0 Å². The van der Waals surface area contributed by atoms with Gasteiger partial charge in [0.05, 0.1) is 0 Å². The molecule has 3 heterocycles. The number of imidazole rings is 1. The van der Waals surface area contributed by atoms with E-state index in [1.54, 1.807) is 18.3 Å². The van der Waals surface area contributed by atoms with Crippen molar-refractivity contribution in [3.63, 3.8) is 0 Å². The van der Waals surface area contributed by atoms with Gasteiger partial charge in [-0.05, 0) is 52.0 Å². The Morgan fingerprint density at radius 3 is 2.96 bits per heavy atom. The number of aromatic nitrogens is 3. The number of rotatable bonds is 7. The maximum atomic E-state index is 11.4. The zero-order valence-electron chi connectivity index (χ0n) is 15.6. The summed E-state index contributed by atoms with van der Waals surface area (Å²) in [5, 5.41) is 0. The van der Waals surface area contributed by atoms with Crippen LogP contribution in [0.15, 0.2) is 30.7 Å². The van der Waals surface area contributed by atoms with E-state index in [0.717, 1.165) is 57.1 Å². The Kier molecular flexibility index (Phi) is 5.88. The average molecular weight is 356 g/mol. The molecule has 1 saturated heterocycles. The van der Waals surface area contributed by atoms with Crippen LogP contribution in [-0.4, -0.2) is 59.1 Å². The molecule has 2 N–H and O–H groups in total. The van der Waals surface area contributed by atoms with E-state index in [9.17, 15) is 4.79 Å². The number of carbonyl (C=O) groups excluding carboxylic acids is 1. The minimum absolute atomic E-state index is 0.372. The van der Waals surface area contributed by atoms with Crippen LogP contribution < -0.4 is 10.6 Å². The van der Waals surface area contributed by atoms with Crippen LogP contribution in [0.4, 0.5) is 5.82 Å². The van der Waals surface area contributed by atoms with Crippen molar-refractivity contribution in [2.75, 3.05) is 38.6 Å². The van der Waals surface area contributed by atoms with Crippen LogP contribution in [-0.2, 0) is 6.54 Å². The van der Waals surface area contributed by atoms with Crippen LogP contribution in [0.1, 0.15) is 41.4 Å². The highest BCUT2D eigenvalue weighted by Crippen LogP contribution is 2.28. The first-order chi connectivity index (χ1) is 12.5. The summed E-state index contributed by atoms with van der Waals surface area (Å²) in [6, 6.07) is 3.44. The van der Waals surface area contributed by atoms with Crippen molar-refractivity contribution in [1.29, 1.82) is 0 Å². The molecule has 2 aromatic heterocycles. The van der Waals surface area contributed by atoms with Gasteiger partial charge >= 0.3 is 0 Å². The smallest absolute Gasteiger partial charge is 0.248 e. The molecule has 0 spiro atoms. The molecule has 140 valence electrons. The molecular formula is C19H28N6O. The van der Waals surface area contributed by atoms with E-state index in [1.165, 1.54) is 0 Å². The Labute approximate surface area is 154 Å². The molecule has 0 radical (unpaired) electrons. The number of anilines is 1.